The van der Waals surface area contributed by atoms with E-state index >= 15 is 0 Å². The average molecular weight is 482 g/mol. The van der Waals surface area contributed by atoms with Crippen LogP contribution in [0.15, 0.2) is 53.4 Å². The van der Waals surface area contributed by atoms with Crippen molar-refractivity contribution in [3.05, 3.63) is 59.8 Å². The molecule has 0 radical (unpaired) electrons. The van der Waals surface area contributed by atoms with Gasteiger partial charge in [0, 0.05) is 50.0 Å². The molecule has 9 nitrogen and oxygen atoms in total. The Morgan fingerprint density at radius 2 is 1.76 bits per heavy atom. The maximum absolute atomic E-state index is 13.2. The lowest BCUT2D eigenvalue weighted by Crippen LogP contribution is -2.49. The molecule has 178 valence electrons. The van der Waals surface area contributed by atoms with E-state index in [0.29, 0.717) is 49.4 Å². The van der Waals surface area contributed by atoms with Crippen LogP contribution in [-0.2, 0) is 16.4 Å². The number of rotatable bonds is 6. The van der Waals surface area contributed by atoms with Crippen molar-refractivity contribution in [3.8, 4) is 11.5 Å². The molecule has 0 unspecified atom stereocenters. The smallest absolute Gasteiger partial charge is 0.243 e. The maximum atomic E-state index is 13.2. The molecule has 3 heterocycles. The fourth-order valence-electron chi connectivity index (χ4n) is 4.18. The summed E-state index contributed by atoms with van der Waals surface area (Å²) in [6.45, 7) is 4.28. The number of nitrogens with one attached hydrogen (secondary N) is 1. The summed E-state index contributed by atoms with van der Waals surface area (Å²) in [5.41, 5.74) is 2.67. The summed E-state index contributed by atoms with van der Waals surface area (Å²) in [5, 5.41) is 3.30. The van der Waals surface area contributed by atoms with Gasteiger partial charge in [-0.25, -0.2) is 13.4 Å². The van der Waals surface area contributed by atoms with Gasteiger partial charge in [0.2, 0.25) is 16.0 Å². The van der Waals surface area contributed by atoms with Crippen molar-refractivity contribution in [2.75, 3.05) is 50.1 Å². The molecule has 34 heavy (non-hydrogen) atoms. The van der Waals surface area contributed by atoms with Gasteiger partial charge in [-0.15, -0.1) is 0 Å². The molecule has 1 aromatic heterocycles. The van der Waals surface area contributed by atoms with Crippen molar-refractivity contribution in [2.24, 2.45) is 0 Å². The Hall–Kier alpha value is -3.37. The lowest BCUT2D eigenvalue weighted by Gasteiger charge is -2.34. The van der Waals surface area contributed by atoms with Crippen molar-refractivity contribution in [3.63, 3.8) is 0 Å². The largest absolute Gasteiger partial charge is 0.497 e. The van der Waals surface area contributed by atoms with E-state index in [1.807, 2.05) is 42.2 Å². The number of fused-ring (bicyclic) bond motifs is 1. The summed E-state index contributed by atoms with van der Waals surface area (Å²) < 4.78 is 38.6. The normalized spacial score (nSPS) is 16.1. The average Bonchev–Trinajstić information content (AvgIpc) is 3.32. The van der Waals surface area contributed by atoms with Crippen molar-refractivity contribution < 1.29 is 17.9 Å². The minimum atomic E-state index is -3.56. The molecular weight excluding hydrogens is 454 g/mol. The molecule has 0 spiro atoms. The van der Waals surface area contributed by atoms with Crippen LogP contribution in [0.2, 0.25) is 0 Å². The predicted molar refractivity (Wildman–Crippen MR) is 130 cm³/mol. The second-order valence-corrected chi connectivity index (χ2v) is 10.2. The molecule has 0 bridgehead atoms. The van der Waals surface area contributed by atoms with Gasteiger partial charge in [-0.2, -0.15) is 9.29 Å². The predicted octanol–water partition coefficient (Wildman–Crippen LogP) is 2.98. The summed E-state index contributed by atoms with van der Waals surface area (Å²) in [7, 11) is -1.93. The topological polar surface area (TPSA) is 96.9 Å². The summed E-state index contributed by atoms with van der Waals surface area (Å²) in [4.78, 5) is 11.6. The molecule has 2 aromatic carbocycles. The monoisotopic (exact) mass is 481 g/mol. The molecule has 10 heteroatoms. The SMILES string of the molecule is COc1ccc(Nc2cc(C)nc(N3CCN(S(=O)(=O)c4ccc5c(c4)CCO5)CC3)n2)cc1. The molecule has 3 aromatic rings. The Kier molecular flexibility index (Phi) is 6.01. The lowest BCUT2D eigenvalue weighted by atomic mass is 10.2. The van der Waals surface area contributed by atoms with E-state index in [0.717, 1.165) is 34.9 Å². The number of sulfonamides is 1. The number of aromatic nitrogens is 2. The van der Waals surface area contributed by atoms with E-state index in [-0.39, 0.29) is 0 Å². The van der Waals surface area contributed by atoms with E-state index in [2.05, 4.69) is 15.3 Å². The summed E-state index contributed by atoms with van der Waals surface area (Å²) in [5.74, 6) is 2.83. The van der Waals surface area contributed by atoms with Gasteiger partial charge in [0.1, 0.15) is 17.3 Å². The molecule has 0 aliphatic carbocycles. The number of benzene rings is 2. The van der Waals surface area contributed by atoms with Crippen LogP contribution in [-0.4, -0.2) is 62.6 Å². The molecule has 1 N–H and O–H groups in total. The highest BCUT2D eigenvalue weighted by atomic mass is 32.2. The third-order valence-corrected chi connectivity index (χ3v) is 7.92. The number of methoxy groups -OCH3 is 1. The standard InChI is InChI=1S/C24H27N5O4S/c1-17-15-23(26-19-3-5-20(32-2)6-4-19)27-24(25-17)28-10-12-29(13-11-28)34(30,31)21-7-8-22-18(16-21)9-14-33-22/h3-8,15-16H,9-14H2,1-2H3,(H,25,26,27). The Morgan fingerprint density at radius 1 is 1.00 bits per heavy atom. The van der Waals surface area contributed by atoms with E-state index in [1.54, 1.807) is 25.3 Å². The highest BCUT2D eigenvalue weighted by Gasteiger charge is 2.30. The number of hydrogen-bond acceptors (Lipinski definition) is 8. The molecule has 2 aliphatic heterocycles. The lowest BCUT2D eigenvalue weighted by molar-refractivity contribution is 0.356. The first-order valence-corrected chi connectivity index (χ1v) is 12.6. The van der Waals surface area contributed by atoms with Gasteiger partial charge in [-0.3, -0.25) is 0 Å². The Labute approximate surface area is 199 Å². The van der Waals surface area contributed by atoms with Crippen LogP contribution >= 0.6 is 0 Å². The van der Waals surface area contributed by atoms with Gasteiger partial charge >= 0.3 is 0 Å². The van der Waals surface area contributed by atoms with Crippen LogP contribution in [0.25, 0.3) is 0 Å². The van der Waals surface area contributed by atoms with Crippen molar-refractivity contribution in [1.29, 1.82) is 0 Å². The van der Waals surface area contributed by atoms with Crippen LogP contribution in [0.1, 0.15) is 11.3 Å². The van der Waals surface area contributed by atoms with Crippen LogP contribution in [0, 0.1) is 6.92 Å². The van der Waals surface area contributed by atoms with Crippen molar-refractivity contribution in [1.82, 2.24) is 14.3 Å². The van der Waals surface area contributed by atoms with Gasteiger partial charge in [0.15, 0.2) is 0 Å². The third kappa shape index (κ3) is 4.51. The van der Waals surface area contributed by atoms with Crippen LogP contribution < -0.4 is 19.7 Å². The number of nitrogens with zero attached hydrogens (tertiary/aromatic N) is 4. The molecule has 5 rings (SSSR count). The summed E-state index contributed by atoms with van der Waals surface area (Å²) in [6, 6.07) is 14.6. The summed E-state index contributed by atoms with van der Waals surface area (Å²) in [6.07, 6.45) is 0.740. The second-order valence-electron chi connectivity index (χ2n) is 8.31. The van der Waals surface area contributed by atoms with Crippen LogP contribution in [0.4, 0.5) is 17.5 Å². The second kappa shape index (κ2) is 9.11. The number of piperazine rings is 1. The Morgan fingerprint density at radius 3 is 2.50 bits per heavy atom. The van der Waals surface area contributed by atoms with E-state index in [1.165, 1.54) is 4.31 Å². The van der Waals surface area contributed by atoms with Crippen LogP contribution in [0.5, 0.6) is 11.5 Å². The zero-order valence-corrected chi connectivity index (χ0v) is 20.0. The third-order valence-electron chi connectivity index (χ3n) is 6.03. The van der Waals surface area contributed by atoms with Crippen molar-refractivity contribution >= 4 is 27.5 Å². The first-order chi connectivity index (χ1) is 16.4. The maximum Gasteiger partial charge on any atom is 0.243 e. The Bertz CT molecular complexity index is 1290. The zero-order chi connectivity index (χ0) is 23.7. The quantitative estimate of drug-likeness (QED) is 0.574. The zero-order valence-electron chi connectivity index (χ0n) is 19.2. The molecule has 1 fully saturated rings. The van der Waals surface area contributed by atoms with Crippen LogP contribution in [0.3, 0.4) is 0 Å². The van der Waals surface area contributed by atoms with Gasteiger partial charge in [0.25, 0.3) is 0 Å². The minimum absolute atomic E-state index is 0.322. The molecule has 0 saturated carbocycles. The van der Waals surface area contributed by atoms with Crippen molar-refractivity contribution in [2.45, 2.75) is 18.2 Å². The van der Waals surface area contributed by atoms with Gasteiger partial charge in [-0.1, -0.05) is 0 Å². The number of ether oxygens (including phenoxy) is 2. The number of anilines is 3. The number of aryl methyl sites for hydroxylation is 1. The van der Waals surface area contributed by atoms with Gasteiger partial charge < -0.3 is 19.7 Å². The van der Waals surface area contributed by atoms with Gasteiger partial charge in [0.05, 0.1) is 18.6 Å². The molecule has 2 aliphatic rings. The van der Waals surface area contributed by atoms with Gasteiger partial charge in [-0.05, 0) is 55.0 Å². The minimum Gasteiger partial charge on any atom is -0.497 e. The van der Waals surface area contributed by atoms with E-state index in [4.69, 9.17) is 9.47 Å². The van der Waals surface area contributed by atoms with E-state index in [9.17, 15) is 8.42 Å². The molecule has 0 amide bonds. The Balaban J connectivity index is 1.27. The molecular formula is C24H27N5O4S. The van der Waals surface area contributed by atoms with E-state index < -0.39 is 10.0 Å². The summed E-state index contributed by atoms with van der Waals surface area (Å²) >= 11 is 0. The fourth-order valence-corrected chi connectivity index (χ4v) is 5.65. The first kappa shape index (κ1) is 22.4. The highest BCUT2D eigenvalue weighted by Crippen LogP contribution is 2.29. The fraction of sp³-hybridized carbons (Fsp3) is 0.333. The highest BCUT2D eigenvalue weighted by molar-refractivity contribution is 7.89. The number of hydrogen-bond donors (Lipinski definition) is 1. The molecule has 0 atom stereocenters. The molecule has 1 saturated heterocycles. The first-order valence-electron chi connectivity index (χ1n) is 11.2.